The summed E-state index contributed by atoms with van der Waals surface area (Å²) in [6.45, 7) is 4.16. The van der Waals surface area contributed by atoms with Crippen LogP contribution in [0.3, 0.4) is 0 Å². The van der Waals surface area contributed by atoms with Crippen LogP contribution in [0, 0.1) is 0 Å². The second-order valence-corrected chi connectivity index (χ2v) is 5.27. The van der Waals surface area contributed by atoms with E-state index in [1.54, 1.807) is 11.8 Å². The molecule has 6 heteroatoms. The Hall–Kier alpha value is -1.01. The third-order valence-corrected chi connectivity index (χ3v) is 3.36. The second-order valence-electron chi connectivity index (χ2n) is 4.17. The standard InChI is InChI=1S/C11H19N3O2S/c1-8(2)14-5-3-9(13-14)7-17-6-4-10(12)11(15)16/h3,5,8,10H,4,6-7,12H2,1-2H3,(H,15,16). The van der Waals surface area contributed by atoms with E-state index in [9.17, 15) is 4.79 Å². The third kappa shape index (κ3) is 4.79. The average molecular weight is 257 g/mol. The van der Waals surface area contributed by atoms with Gasteiger partial charge < -0.3 is 10.8 Å². The molecule has 0 radical (unpaired) electrons. The minimum Gasteiger partial charge on any atom is -0.480 e. The molecule has 0 amide bonds. The van der Waals surface area contributed by atoms with E-state index in [1.165, 1.54) is 0 Å². The van der Waals surface area contributed by atoms with Crippen molar-refractivity contribution in [2.24, 2.45) is 5.73 Å². The van der Waals surface area contributed by atoms with Crippen LogP contribution in [-0.2, 0) is 10.5 Å². The summed E-state index contributed by atoms with van der Waals surface area (Å²) in [6, 6.07) is 1.61. The zero-order valence-corrected chi connectivity index (χ0v) is 11.0. The number of carbonyl (C=O) groups is 1. The molecule has 0 aliphatic heterocycles. The van der Waals surface area contributed by atoms with Crippen LogP contribution in [0.15, 0.2) is 12.3 Å². The summed E-state index contributed by atoms with van der Waals surface area (Å²) >= 11 is 1.66. The SMILES string of the molecule is CC(C)n1ccc(CSCCC(N)C(=O)O)n1. The maximum absolute atomic E-state index is 10.5. The van der Waals surface area contributed by atoms with Crippen LogP contribution >= 0.6 is 11.8 Å². The van der Waals surface area contributed by atoms with Crippen molar-refractivity contribution in [3.63, 3.8) is 0 Å². The second kappa shape index (κ2) is 6.66. The van der Waals surface area contributed by atoms with Gasteiger partial charge >= 0.3 is 5.97 Å². The molecule has 96 valence electrons. The maximum Gasteiger partial charge on any atom is 0.320 e. The van der Waals surface area contributed by atoms with Gasteiger partial charge in [0.1, 0.15) is 6.04 Å². The number of carboxylic acids is 1. The number of hydrogen-bond acceptors (Lipinski definition) is 4. The zero-order valence-electron chi connectivity index (χ0n) is 10.2. The molecule has 5 nitrogen and oxygen atoms in total. The lowest BCUT2D eigenvalue weighted by Crippen LogP contribution is -2.30. The van der Waals surface area contributed by atoms with Crippen LogP contribution < -0.4 is 5.73 Å². The summed E-state index contributed by atoms with van der Waals surface area (Å²) in [5.74, 6) is 0.600. The van der Waals surface area contributed by atoms with E-state index in [4.69, 9.17) is 10.8 Å². The maximum atomic E-state index is 10.5. The number of aromatic nitrogens is 2. The number of aliphatic carboxylic acids is 1. The van der Waals surface area contributed by atoms with Crippen LogP contribution in [0.5, 0.6) is 0 Å². The van der Waals surface area contributed by atoms with Crippen LogP contribution in [-0.4, -0.2) is 32.7 Å². The highest BCUT2D eigenvalue weighted by molar-refractivity contribution is 7.98. The topological polar surface area (TPSA) is 81.1 Å². The van der Waals surface area contributed by atoms with Crippen LogP contribution in [0.25, 0.3) is 0 Å². The molecule has 0 saturated carbocycles. The fraction of sp³-hybridized carbons (Fsp3) is 0.636. The van der Waals surface area contributed by atoms with Crippen molar-refractivity contribution in [1.29, 1.82) is 0 Å². The number of thioether (sulfide) groups is 1. The van der Waals surface area contributed by atoms with Gasteiger partial charge in [-0.15, -0.1) is 0 Å². The minimum absolute atomic E-state index is 0.370. The van der Waals surface area contributed by atoms with Crippen molar-refractivity contribution >= 4 is 17.7 Å². The van der Waals surface area contributed by atoms with Crippen molar-refractivity contribution in [1.82, 2.24) is 9.78 Å². The first-order chi connectivity index (χ1) is 8.00. The lowest BCUT2D eigenvalue weighted by atomic mass is 10.2. The third-order valence-electron chi connectivity index (χ3n) is 2.33. The summed E-state index contributed by atoms with van der Waals surface area (Å²) in [5, 5.41) is 13.0. The molecule has 0 spiro atoms. The minimum atomic E-state index is -0.935. The number of hydrogen-bond donors (Lipinski definition) is 2. The van der Waals surface area contributed by atoms with Gasteiger partial charge in [0.25, 0.3) is 0 Å². The Bertz CT molecular complexity index is 365. The highest BCUT2D eigenvalue weighted by atomic mass is 32.2. The molecule has 1 aromatic heterocycles. The number of nitrogens with two attached hydrogens (primary N) is 1. The first-order valence-corrected chi connectivity index (χ1v) is 6.76. The molecule has 0 saturated heterocycles. The van der Waals surface area contributed by atoms with Crippen molar-refractivity contribution < 1.29 is 9.90 Å². The monoisotopic (exact) mass is 257 g/mol. The Balaban J connectivity index is 2.24. The van der Waals surface area contributed by atoms with Gasteiger partial charge in [0.05, 0.1) is 5.69 Å². The van der Waals surface area contributed by atoms with E-state index < -0.39 is 12.0 Å². The highest BCUT2D eigenvalue weighted by Gasteiger charge is 2.10. The van der Waals surface area contributed by atoms with Gasteiger partial charge in [0, 0.05) is 18.0 Å². The molecule has 3 N–H and O–H groups in total. The van der Waals surface area contributed by atoms with Crippen LogP contribution in [0.2, 0.25) is 0 Å². The molecular formula is C11H19N3O2S. The smallest absolute Gasteiger partial charge is 0.320 e. The fourth-order valence-corrected chi connectivity index (χ4v) is 2.18. The summed E-state index contributed by atoms with van der Waals surface area (Å²) in [5.41, 5.74) is 6.43. The first kappa shape index (κ1) is 14.1. The van der Waals surface area contributed by atoms with Crippen LogP contribution in [0.1, 0.15) is 32.0 Å². The summed E-state index contributed by atoms with van der Waals surface area (Å²) in [4.78, 5) is 10.5. The Morgan fingerprint density at radius 3 is 2.88 bits per heavy atom. The van der Waals surface area contributed by atoms with Gasteiger partial charge in [-0.25, -0.2) is 0 Å². The fourth-order valence-electron chi connectivity index (χ4n) is 1.25. The molecule has 1 heterocycles. The predicted octanol–water partition coefficient (Wildman–Crippen LogP) is 1.50. The zero-order chi connectivity index (χ0) is 12.8. The van der Waals surface area contributed by atoms with Crippen molar-refractivity contribution in [2.75, 3.05) is 5.75 Å². The highest BCUT2D eigenvalue weighted by Crippen LogP contribution is 2.13. The Kier molecular flexibility index (Phi) is 5.50. The number of rotatable bonds is 7. The number of carboxylic acid groups (broad SMARTS) is 1. The largest absolute Gasteiger partial charge is 0.480 e. The summed E-state index contributed by atoms with van der Waals surface area (Å²) < 4.78 is 1.92. The normalized spacial score (nSPS) is 12.9. The molecule has 1 atom stereocenters. The van der Waals surface area contributed by atoms with Crippen molar-refractivity contribution in [3.05, 3.63) is 18.0 Å². The van der Waals surface area contributed by atoms with Gasteiger partial charge in [0.2, 0.25) is 0 Å². The van der Waals surface area contributed by atoms with E-state index in [2.05, 4.69) is 18.9 Å². The van der Waals surface area contributed by atoms with Crippen LogP contribution in [0.4, 0.5) is 0 Å². The molecule has 1 rings (SSSR count). The molecule has 0 bridgehead atoms. The lowest BCUT2D eigenvalue weighted by molar-refractivity contribution is -0.138. The molecule has 0 aliphatic rings. The van der Waals surface area contributed by atoms with Gasteiger partial charge in [-0.05, 0) is 32.1 Å². The van der Waals surface area contributed by atoms with Gasteiger partial charge in [-0.2, -0.15) is 16.9 Å². The van der Waals surface area contributed by atoms with Crippen molar-refractivity contribution in [3.8, 4) is 0 Å². The molecular weight excluding hydrogens is 238 g/mol. The molecule has 17 heavy (non-hydrogen) atoms. The van der Waals surface area contributed by atoms with Gasteiger partial charge in [-0.1, -0.05) is 0 Å². The quantitative estimate of drug-likeness (QED) is 0.723. The van der Waals surface area contributed by atoms with E-state index in [0.29, 0.717) is 12.5 Å². The molecule has 1 aromatic rings. The van der Waals surface area contributed by atoms with Crippen molar-refractivity contribution in [2.45, 2.75) is 38.1 Å². The lowest BCUT2D eigenvalue weighted by Gasteiger charge is -2.05. The number of nitrogens with zero attached hydrogens (tertiary/aromatic N) is 2. The molecule has 0 fully saturated rings. The summed E-state index contributed by atoms with van der Waals surface area (Å²) in [7, 11) is 0. The Morgan fingerprint density at radius 2 is 2.35 bits per heavy atom. The first-order valence-electron chi connectivity index (χ1n) is 5.61. The van der Waals surface area contributed by atoms with E-state index in [1.807, 2.05) is 16.9 Å². The van der Waals surface area contributed by atoms with Gasteiger partial charge in [0.15, 0.2) is 0 Å². The average Bonchev–Trinajstić information content (AvgIpc) is 2.72. The van der Waals surface area contributed by atoms with E-state index in [-0.39, 0.29) is 0 Å². The van der Waals surface area contributed by atoms with E-state index >= 15 is 0 Å². The molecule has 1 unspecified atom stereocenters. The molecule has 0 aromatic carbocycles. The Morgan fingerprint density at radius 1 is 1.65 bits per heavy atom. The van der Waals surface area contributed by atoms with Gasteiger partial charge in [-0.3, -0.25) is 9.48 Å². The molecule has 0 aliphatic carbocycles. The Labute approximate surface area is 105 Å². The summed E-state index contributed by atoms with van der Waals surface area (Å²) in [6.07, 6.45) is 2.45. The van der Waals surface area contributed by atoms with E-state index in [0.717, 1.165) is 17.2 Å². The predicted molar refractivity (Wildman–Crippen MR) is 69.0 cm³/mol.